The Labute approximate surface area is 59.3 Å². The van der Waals surface area contributed by atoms with Crippen LogP contribution in [0.5, 0.6) is 0 Å². The Morgan fingerprint density at radius 1 is 1.40 bits per heavy atom. The predicted octanol–water partition coefficient (Wildman–Crippen LogP) is 0.764. The zero-order valence-corrected chi connectivity index (χ0v) is 5.86. The molecule has 0 N–H and O–H groups in total. The molecule has 2 nitrogen and oxygen atoms in total. The molecule has 0 aliphatic rings. The second kappa shape index (κ2) is 1.84. The Morgan fingerprint density at radius 2 is 2.30 bits per heavy atom. The quantitative estimate of drug-likeness (QED) is 0.469. The van der Waals surface area contributed by atoms with Gasteiger partial charge < -0.3 is 0 Å². The number of fused-ring (bicyclic) bond motifs is 1. The predicted molar refractivity (Wildman–Crippen MR) is 38.6 cm³/mol. The summed E-state index contributed by atoms with van der Waals surface area (Å²) in [6, 6.07) is 6.14. The molecule has 2 rings (SSSR count). The number of pyridine rings is 1. The molecule has 0 atom stereocenters. The van der Waals surface area contributed by atoms with E-state index in [1.807, 2.05) is 36.3 Å². The molecule has 50 valence electrons. The minimum atomic E-state index is 1.23. The van der Waals surface area contributed by atoms with Gasteiger partial charge in [0.1, 0.15) is 6.20 Å². The maximum atomic E-state index is 2.08. The molecule has 0 spiro atoms. The average Bonchev–Trinajstić information content (AvgIpc) is 2.27. The summed E-state index contributed by atoms with van der Waals surface area (Å²) in [5, 5.41) is 0. The first kappa shape index (κ1) is 5.47. The number of imidazole rings is 1. The molecule has 2 aromatic rings. The molecule has 2 aromatic heterocycles. The van der Waals surface area contributed by atoms with E-state index in [2.05, 4.69) is 16.7 Å². The first-order chi connectivity index (χ1) is 4.86. The van der Waals surface area contributed by atoms with E-state index in [9.17, 15) is 0 Å². The van der Waals surface area contributed by atoms with Crippen LogP contribution in [-0.4, -0.2) is 4.40 Å². The fourth-order valence-corrected chi connectivity index (χ4v) is 1.12. The van der Waals surface area contributed by atoms with E-state index in [1.165, 1.54) is 5.52 Å². The maximum Gasteiger partial charge on any atom is 0.248 e. The van der Waals surface area contributed by atoms with Crippen LogP contribution in [0.1, 0.15) is 0 Å². The van der Waals surface area contributed by atoms with Gasteiger partial charge >= 0.3 is 0 Å². The van der Waals surface area contributed by atoms with E-state index in [1.54, 1.807) is 0 Å². The number of aromatic nitrogens is 2. The van der Waals surface area contributed by atoms with Crippen molar-refractivity contribution < 1.29 is 4.57 Å². The van der Waals surface area contributed by atoms with Crippen molar-refractivity contribution in [2.75, 3.05) is 0 Å². The van der Waals surface area contributed by atoms with Gasteiger partial charge in [-0.15, -0.1) is 0 Å². The van der Waals surface area contributed by atoms with Crippen molar-refractivity contribution in [3.63, 3.8) is 0 Å². The maximum absolute atomic E-state index is 2.08. The molecule has 2 heterocycles. The van der Waals surface area contributed by atoms with Gasteiger partial charge in [-0.3, -0.25) is 0 Å². The molecule has 0 amide bonds. The summed E-state index contributed by atoms with van der Waals surface area (Å²) in [5.41, 5.74) is 1.23. The summed E-state index contributed by atoms with van der Waals surface area (Å²) in [6.45, 7) is 0. The van der Waals surface area contributed by atoms with Crippen molar-refractivity contribution >= 4 is 5.52 Å². The molecular weight excluding hydrogens is 124 g/mol. The molecule has 0 fully saturated rings. The molecule has 0 bridgehead atoms. The molecule has 0 aliphatic heterocycles. The smallest absolute Gasteiger partial charge is 0.239 e. The van der Waals surface area contributed by atoms with Crippen molar-refractivity contribution in [1.29, 1.82) is 0 Å². The number of nitrogens with zero attached hydrogens (tertiary/aromatic N) is 2. The van der Waals surface area contributed by atoms with Crippen LogP contribution in [0.2, 0.25) is 0 Å². The lowest BCUT2D eigenvalue weighted by Gasteiger charge is -1.79. The first-order valence-electron chi connectivity index (χ1n) is 3.28. The molecule has 0 aliphatic carbocycles. The lowest BCUT2D eigenvalue weighted by Crippen LogP contribution is -2.23. The monoisotopic (exact) mass is 133 g/mol. The molecule has 10 heavy (non-hydrogen) atoms. The molecule has 0 unspecified atom stereocenters. The standard InChI is InChI=1S/C8H9N2/c1-9-6-8-4-2-3-5-10(8)7-9/h2-7H,1H3/q+1. The van der Waals surface area contributed by atoms with Crippen molar-refractivity contribution in [2.45, 2.75) is 0 Å². The van der Waals surface area contributed by atoms with Crippen LogP contribution in [0.25, 0.3) is 5.52 Å². The van der Waals surface area contributed by atoms with Crippen molar-refractivity contribution in [3.05, 3.63) is 36.9 Å². The van der Waals surface area contributed by atoms with Gasteiger partial charge in [0.05, 0.1) is 13.2 Å². The SMILES string of the molecule is C[n+]1cc2ccccn2c1. The van der Waals surface area contributed by atoms with Gasteiger partial charge in [0.2, 0.25) is 6.33 Å². The van der Waals surface area contributed by atoms with E-state index in [0.717, 1.165) is 0 Å². The zero-order chi connectivity index (χ0) is 6.97. The van der Waals surface area contributed by atoms with E-state index >= 15 is 0 Å². The third kappa shape index (κ3) is 0.692. The van der Waals surface area contributed by atoms with Crippen LogP contribution in [0.4, 0.5) is 0 Å². The highest BCUT2D eigenvalue weighted by Gasteiger charge is 1.98. The van der Waals surface area contributed by atoms with E-state index in [-0.39, 0.29) is 0 Å². The summed E-state index contributed by atoms with van der Waals surface area (Å²) in [4.78, 5) is 0. The van der Waals surface area contributed by atoms with E-state index in [0.29, 0.717) is 0 Å². The van der Waals surface area contributed by atoms with Crippen LogP contribution < -0.4 is 4.57 Å². The highest BCUT2D eigenvalue weighted by atomic mass is 15.1. The molecule has 0 aromatic carbocycles. The largest absolute Gasteiger partial charge is 0.248 e. The summed E-state index contributed by atoms with van der Waals surface area (Å²) >= 11 is 0. The summed E-state index contributed by atoms with van der Waals surface area (Å²) in [7, 11) is 2.02. The highest BCUT2D eigenvalue weighted by Crippen LogP contribution is 1.97. The second-order valence-electron chi connectivity index (χ2n) is 2.44. The Morgan fingerprint density at radius 3 is 3.10 bits per heavy atom. The van der Waals surface area contributed by atoms with E-state index < -0.39 is 0 Å². The lowest BCUT2D eigenvalue weighted by molar-refractivity contribution is -0.670. The molecule has 0 saturated carbocycles. The van der Waals surface area contributed by atoms with Crippen molar-refractivity contribution in [3.8, 4) is 0 Å². The normalized spacial score (nSPS) is 10.5. The number of hydrogen-bond acceptors (Lipinski definition) is 0. The van der Waals surface area contributed by atoms with Crippen LogP contribution in [-0.2, 0) is 7.05 Å². The third-order valence-corrected chi connectivity index (χ3v) is 1.57. The van der Waals surface area contributed by atoms with Gasteiger partial charge in [0.25, 0.3) is 0 Å². The van der Waals surface area contributed by atoms with Crippen molar-refractivity contribution in [1.82, 2.24) is 4.40 Å². The van der Waals surface area contributed by atoms with Gasteiger partial charge in [-0.1, -0.05) is 6.07 Å². The molecular formula is C8H9N2+. The minimum absolute atomic E-state index is 1.23. The fraction of sp³-hybridized carbons (Fsp3) is 0.125. The van der Waals surface area contributed by atoms with Crippen molar-refractivity contribution in [2.24, 2.45) is 7.05 Å². The highest BCUT2D eigenvalue weighted by molar-refractivity contribution is 5.41. The van der Waals surface area contributed by atoms with Gasteiger partial charge in [0, 0.05) is 0 Å². The lowest BCUT2D eigenvalue weighted by atomic mass is 10.4. The van der Waals surface area contributed by atoms with Gasteiger partial charge in [0.15, 0.2) is 5.52 Å². The number of hydrogen-bond donors (Lipinski definition) is 0. The third-order valence-electron chi connectivity index (χ3n) is 1.57. The van der Waals surface area contributed by atoms with Crippen LogP contribution in [0.15, 0.2) is 36.9 Å². The number of aryl methyl sites for hydroxylation is 1. The van der Waals surface area contributed by atoms with E-state index in [4.69, 9.17) is 0 Å². The second-order valence-corrected chi connectivity index (χ2v) is 2.44. The van der Waals surface area contributed by atoms with Gasteiger partial charge in [-0.05, 0) is 12.1 Å². The van der Waals surface area contributed by atoms with Gasteiger partial charge in [-0.25, -0.2) is 8.97 Å². The molecule has 0 radical (unpaired) electrons. The number of rotatable bonds is 0. The zero-order valence-electron chi connectivity index (χ0n) is 5.86. The Bertz CT molecular complexity index is 316. The average molecular weight is 133 g/mol. The van der Waals surface area contributed by atoms with Crippen LogP contribution in [0.3, 0.4) is 0 Å². The van der Waals surface area contributed by atoms with Gasteiger partial charge in [-0.2, -0.15) is 0 Å². The first-order valence-corrected chi connectivity index (χ1v) is 3.28. The summed E-state index contributed by atoms with van der Waals surface area (Å²) in [5.74, 6) is 0. The van der Waals surface area contributed by atoms with Crippen LogP contribution >= 0.6 is 0 Å². The topological polar surface area (TPSA) is 8.29 Å². The Hall–Kier alpha value is -1.31. The summed E-state index contributed by atoms with van der Waals surface area (Å²) < 4.78 is 4.12. The Kier molecular flexibility index (Phi) is 1.01. The molecule has 0 saturated heterocycles. The molecule has 2 heteroatoms. The fourth-order valence-electron chi connectivity index (χ4n) is 1.12. The minimum Gasteiger partial charge on any atom is -0.239 e. The summed E-state index contributed by atoms with van der Waals surface area (Å²) in [6.07, 6.45) is 6.16. The van der Waals surface area contributed by atoms with Crippen LogP contribution in [0, 0.1) is 0 Å². The Balaban J connectivity index is 2.88.